The third-order valence-electron chi connectivity index (χ3n) is 2.26. The van der Waals surface area contributed by atoms with Gasteiger partial charge in [0.05, 0.1) is 5.56 Å². The number of nitrogens with zero attached hydrogens (tertiary/aromatic N) is 1. The number of halogens is 3. The number of nitrogen functional groups attached to an aromatic ring is 1. The van der Waals surface area contributed by atoms with E-state index in [1.54, 1.807) is 18.2 Å². The zero-order chi connectivity index (χ0) is 13.2. The Balaban J connectivity index is 2.35. The predicted molar refractivity (Wildman–Crippen MR) is 63.4 cm³/mol. The summed E-state index contributed by atoms with van der Waals surface area (Å²) in [5.41, 5.74) is 5.66. The third-order valence-corrected chi connectivity index (χ3v) is 2.26. The van der Waals surface area contributed by atoms with E-state index in [2.05, 4.69) is 10.3 Å². The fourth-order valence-electron chi connectivity index (χ4n) is 1.49. The van der Waals surface area contributed by atoms with Crippen LogP contribution in [0.3, 0.4) is 0 Å². The molecule has 0 saturated heterocycles. The van der Waals surface area contributed by atoms with Crippen molar-refractivity contribution in [3.05, 3.63) is 48.2 Å². The van der Waals surface area contributed by atoms with Crippen LogP contribution in [0, 0.1) is 0 Å². The fraction of sp³-hybridized carbons (Fsp3) is 0.0833. The molecule has 0 amide bonds. The molecule has 3 N–H and O–H groups in total. The summed E-state index contributed by atoms with van der Waals surface area (Å²) in [6.45, 7) is 0. The van der Waals surface area contributed by atoms with Gasteiger partial charge in [-0.25, -0.2) is 4.98 Å². The van der Waals surface area contributed by atoms with Crippen molar-refractivity contribution in [3.63, 3.8) is 0 Å². The second-order valence-electron chi connectivity index (χ2n) is 3.65. The second-order valence-corrected chi connectivity index (χ2v) is 3.65. The summed E-state index contributed by atoms with van der Waals surface area (Å²) in [5, 5.41) is 2.61. The van der Waals surface area contributed by atoms with E-state index >= 15 is 0 Å². The molecule has 0 aliphatic heterocycles. The van der Waals surface area contributed by atoms with E-state index in [-0.39, 0.29) is 5.82 Å². The molecule has 1 aromatic heterocycles. The minimum Gasteiger partial charge on any atom is -0.399 e. The Morgan fingerprint density at radius 3 is 2.56 bits per heavy atom. The Morgan fingerprint density at radius 1 is 1.11 bits per heavy atom. The molecule has 0 unspecified atom stereocenters. The van der Waals surface area contributed by atoms with Crippen LogP contribution >= 0.6 is 0 Å². The van der Waals surface area contributed by atoms with Gasteiger partial charge < -0.3 is 11.1 Å². The number of rotatable bonds is 2. The lowest BCUT2D eigenvalue weighted by Crippen LogP contribution is -2.10. The maximum atomic E-state index is 12.7. The van der Waals surface area contributed by atoms with Crippen LogP contribution in [0.5, 0.6) is 0 Å². The lowest BCUT2D eigenvalue weighted by molar-refractivity contribution is -0.137. The maximum Gasteiger partial charge on any atom is 0.419 e. The Kier molecular flexibility index (Phi) is 3.10. The van der Waals surface area contributed by atoms with Crippen LogP contribution in [-0.4, -0.2) is 4.98 Å². The Hall–Kier alpha value is -2.24. The zero-order valence-electron chi connectivity index (χ0n) is 9.20. The molecule has 0 atom stereocenters. The molecule has 94 valence electrons. The minimum absolute atomic E-state index is 0.240. The molecule has 3 nitrogen and oxygen atoms in total. The number of nitrogens with two attached hydrogens (primary N) is 1. The molecular weight excluding hydrogens is 243 g/mol. The first-order valence-corrected chi connectivity index (χ1v) is 5.11. The molecule has 1 heterocycles. The topological polar surface area (TPSA) is 50.9 Å². The zero-order valence-corrected chi connectivity index (χ0v) is 9.20. The summed E-state index contributed by atoms with van der Waals surface area (Å²) in [5.74, 6) is -0.240. The first-order valence-electron chi connectivity index (χ1n) is 5.11. The quantitative estimate of drug-likeness (QED) is 0.806. The van der Waals surface area contributed by atoms with Gasteiger partial charge in [0.15, 0.2) is 0 Å². The van der Waals surface area contributed by atoms with Gasteiger partial charge in [-0.05, 0) is 30.3 Å². The fourth-order valence-corrected chi connectivity index (χ4v) is 1.49. The molecule has 0 bridgehead atoms. The minimum atomic E-state index is -4.45. The highest BCUT2D eigenvalue weighted by molar-refractivity contribution is 5.63. The number of aromatic nitrogens is 1. The molecular formula is C12H10F3N3. The van der Waals surface area contributed by atoms with Crippen molar-refractivity contribution in [1.82, 2.24) is 4.98 Å². The number of pyridine rings is 1. The Labute approximate surface area is 101 Å². The molecule has 2 aromatic rings. The average molecular weight is 253 g/mol. The van der Waals surface area contributed by atoms with Crippen molar-refractivity contribution >= 4 is 17.2 Å². The maximum absolute atomic E-state index is 12.7. The molecule has 0 radical (unpaired) electrons. The van der Waals surface area contributed by atoms with Gasteiger partial charge in [0.2, 0.25) is 0 Å². The molecule has 0 aliphatic carbocycles. The van der Waals surface area contributed by atoms with E-state index in [1.165, 1.54) is 18.3 Å². The van der Waals surface area contributed by atoms with Gasteiger partial charge in [0.1, 0.15) is 5.82 Å². The molecule has 1 aromatic carbocycles. The summed E-state index contributed by atoms with van der Waals surface area (Å²) < 4.78 is 38.2. The first kappa shape index (κ1) is 12.2. The molecule has 0 aliphatic rings. The lowest BCUT2D eigenvalue weighted by atomic mass is 10.2. The first-order chi connectivity index (χ1) is 8.47. The third kappa shape index (κ3) is 2.71. The van der Waals surface area contributed by atoms with Crippen LogP contribution in [0.25, 0.3) is 0 Å². The van der Waals surface area contributed by atoms with Gasteiger partial charge >= 0.3 is 6.18 Å². The SMILES string of the molecule is Nc1cccc(Nc2ncccc2C(F)(F)F)c1. The molecule has 6 heteroatoms. The van der Waals surface area contributed by atoms with Crippen LogP contribution in [-0.2, 0) is 6.18 Å². The number of hydrogen-bond donors (Lipinski definition) is 2. The summed E-state index contributed by atoms with van der Waals surface area (Å²) in [4.78, 5) is 3.70. The van der Waals surface area contributed by atoms with Gasteiger partial charge in [-0.1, -0.05) is 6.07 Å². The Morgan fingerprint density at radius 2 is 1.89 bits per heavy atom. The van der Waals surface area contributed by atoms with Crippen molar-refractivity contribution in [2.45, 2.75) is 6.18 Å². The largest absolute Gasteiger partial charge is 0.419 e. The standard InChI is InChI=1S/C12H10F3N3/c13-12(14,15)10-5-2-6-17-11(10)18-9-4-1-3-8(16)7-9/h1-7H,16H2,(H,17,18). The number of hydrogen-bond acceptors (Lipinski definition) is 3. The Bertz CT molecular complexity index is 552. The van der Waals surface area contributed by atoms with Gasteiger partial charge in [0, 0.05) is 17.6 Å². The average Bonchev–Trinajstić information content (AvgIpc) is 2.28. The van der Waals surface area contributed by atoms with Crippen molar-refractivity contribution in [1.29, 1.82) is 0 Å². The highest BCUT2D eigenvalue weighted by Crippen LogP contribution is 2.34. The molecule has 0 fully saturated rings. The van der Waals surface area contributed by atoms with Crippen molar-refractivity contribution in [2.75, 3.05) is 11.1 Å². The van der Waals surface area contributed by atoms with Crippen LogP contribution in [0.15, 0.2) is 42.6 Å². The predicted octanol–water partition coefficient (Wildman–Crippen LogP) is 3.43. The van der Waals surface area contributed by atoms with E-state index in [0.29, 0.717) is 11.4 Å². The van der Waals surface area contributed by atoms with E-state index < -0.39 is 11.7 Å². The highest BCUT2D eigenvalue weighted by atomic mass is 19.4. The highest BCUT2D eigenvalue weighted by Gasteiger charge is 2.34. The summed E-state index contributed by atoms with van der Waals surface area (Å²) in [7, 11) is 0. The second kappa shape index (κ2) is 4.56. The van der Waals surface area contributed by atoms with Crippen LogP contribution < -0.4 is 11.1 Å². The van der Waals surface area contributed by atoms with Crippen LogP contribution in [0.4, 0.5) is 30.4 Å². The van der Waals surface area contributed by atoms with Gasteiger partial charge in [0.25, 0.3) is 0 Å². The van der Waals surface area contributed by atoms with E-state index in [1.807, 2.05) is 0 Å². The smallest absolute Gasteiger partial charge is 0.399 e. The number of alkyl halides is 3. The van der Waals surface area contributed by atoms with E-state index in [4.69, 9.17) is 5.73 Å². The van der Waals surface area contributed by atoms with Crippen LogP contribution in [0.1, 0.15) is 5.56 Å². The summed E-state index contributed by atoms with van der Waals surface area (Å²) in [6, 6.07) is 8.66. The van der Waals surface area contributed by atoms with Crippen LogP contribution in [0.2, 0.25) is 0 Å². The number of nitrogens with one attached hydrogen (secondary N) is 1. The van der Waals surface area contributed by atoms with Crippen molar-refractivity contribution < 1.29 is 13.2 Å². The van der Waals surface area contributed by atoms with Gasteiger partial charge in [-0.2, -0.15) is 13.2 Å². The van der Waals surface area contributed by atoms with E-state index in [0.717, 1.165) is 6.07 Å². The van der Waals surface area contributed by atoms with Gasteiger partial charge in [-0.3, -0.25) is 0 Å². The lowest BCUT2D eigenvalue weighted by Gasteiger charge is -2.13. The summed E-state index contributed by atoms with van der Waals surface area (Å²) >= 11 is 0. The number of benzene rings is 1. The molecule has 0 spiro atoms. The van der Waals surface area contributed by atoms with Crippen molar-refractivity contribution in [3.8, 4) is 0 Å². The van der Waals surface area contributed by atoms with E-state index in [9.17, 15) is 13.2 Å². The van der Waals surface area contributed by atoms with Gasteiger partial charge in [-0.15, -0.1) is 0 Å². The van der Waals surface area contributed by atoms with Crippen molar-refractivity contribution in [2.24, 2.45) is 0 Å². The molecule has 18 heavy (non-hydrogen) atoms. The number of anilines is 3. The molecule has 0 saturated carbocycles. The monoisotopic (exact) mass is 253 g/mol. The normalized spacial score (nSPS) is 11.3. The summed E-state index contributed by atoms with van der Waals surface area (Å²) in [6.07, 6.45) is -3.15. The molecule has 2 rings (SSSR count).